The Hall–Kier alpha value is -1.18. The van der Waals surface area contributed by atoms with Gasteiger partial charge < -0.3 is 10.5 Å². The third-order valence-electron chi connectivity index (χ3n) is 5.88. The van der Waals surface area contributed by atoms with Crippen LogP contribution in [0.25, 0.3) is 0 Å². The summed E-state index contributed by atoms with van der Waals surface area (Å²) in [5.74, 6) is 5.44. The lowest BCUT2D eigenvalue weighted by Crippen LogP contribution is -2.43. The monoisotopic (exact) mass is 257 g/mol. The van der Waals surface area contributed by atoms with Crippen molar-refractivity contribution in [3.05, 3.63) is 23.8 Å². The molecule has 0 radical (unpaired) electrons. The molecule has 0 saturated heterocycles. The number of hydrogen-bond acceptors (Lipinski definition) is 2. The highest BCUT2D eigenvalue weighted by molar-refractivity contribution is 5.53. The van der Waals surface area contributed by atoms with Gasteiger partial charge in [0.2, 0.25) is 0 Å². The van der Waals surface area contributed by atoms with Crippen molar-refractivity contribution >= 4 is 5.69 Å². The Balaban J connectivity index is 1.69. The maximum atomic E-state index is 6.30. The van der Waals surface area contributed by atoms with Gasteiger partial charge in [-0.15, -0.1) is 0 Å². The molecule has 4 saturated carbocycles. The van der Waals surface area contributed by atoms with Crippen LogP contribution in [-0.4, -0.2) is 7.11 Å². The molecule has 0 spiro atoms. The number of ether oxygens (including phenoxy) is 1. The van der Waals surface area contributed by atoms with Crippen LogP contribution in [0.5, 0.6) is 5.75 Å². The summed E-state index contributed by atoms with van der Waals surface area (Å²) in [5.41, 5.74) is 8.64. The largest absolute Gasteiger partial charge is 0.497 e. The molecule has 4 fully saturated rings. The van der Waals surface area contributed by atoms with Crippen LogP contribution in [0.4, 0.5) is 5.69 Å². The average Bonchev–Trinajstić information content (AvgIpc) is 2.39. The summed E-state index contributed by atoms with van der Waals surface area (Å²) < 4.78 is 5.28. The highest BCUT2D eigenvalue weighted by Gasteiger charge is 2.48. The highest BCUT2D eigenvalue weighted by Crippen LogP contribution is 2.60. The van der Waals surface area contributed by atoms with Crippen molar-refractivity contribution in [1.29, 1.82) is 0 Å². The second kappa shape index (κ2) is 4.16. The van der Waals surface area contributed by atoms with Crippen LogP contribution in [0.2, 0.25) is 0 Å². The minimum absolute atomic E-state index is 0.721. The van der Waals surface area contributed by atoms with Gasteiger partial charge in [0.05, 0.1) is 7.11 Å². The van der Waals surface area contributed by atoms with E-state index in [1.165, 1.54) is 37.7 Å². The Morgan fingerprint density at radius 3 is 2.16 bits per heavy atom. The number of nitrogens with two attached hydrogens (primary N) is 1. The number of benzene rings is 1. The zero-order chi connectivity index (χ0) is 13.0. The van der Waals surface area contributed by atoms with Gasteiger partial charge in [-0.05, 0) is 73.3 Å². The Morgan fingerprint density at radius 1 is 1.00 bits per heavy atom. The zero-order valence-corrected chi connectivity index (χ0v) is 11.6. The standard InChI is InChI=1S/C17H23NO/c1-19-14-2-3-15(16(18)9-14)17-12-5-10-4-11(7-12)8-13(17)6-10/h2-3,9-13,17H,4-8,18H2,1H3. The predicted octanol–water partition coefficient (Wildman–Crippen LogP) is 3.82. The first-order chi connectivity index (χ1) is 9.24. The van der Waals surface area contributed by atoms with Crippen LogP contribution in [0.15, 0.2) is 18.2 Å². The Kier molecular flexibility index (Phi) is 2.54. The van der Waals surface area contributed by atoms with Crippen LogP contribution >= 0.6 is 0 Å². The summed E-state index contributed by atoms with van der Waals surface area (Å²) in [6.45, 7) is 0. The summed E-state index contributed by atoms with van der Waals surface area (Å²) in [6.07, 6.45) is 7.30. The Labute approximate surface area is 115 Å². The van der Waals surface area contributed by atoms with Crippen molar-refractivity contribution in [2.24, 2.45) is 23.7 Å². The first-order valence-electron chi connectivity index (χ1n) is 7.68. The van der Waals surface area contributed by atoms with Crippen LogP contribution < -0.4 is 10.5 Å². The molecule has 4 bridgehead atoms. The molecular weight excluding hydrogens is 234 g/mol. The molecule has 1 aromatic carbocycles. The number of rotatable bonds is 2. The first kappa shape index (κ1) is 11.6. The molecular formula is C17H23NO. The van der Waals surface area contributed by atoms with Gasteiger partial charge in [-0.2, -0.15) is 0 Å². The van der Waals surface area contributed by atoms with E-state index in [1.807, 2.05) is 6.07 Å². The lowest BCUT2D eigenvalue weighted by atomic mass is 9.50. The summed E-state index contributed by atoms with van der Waals surface area (Å²) in [5, 5.41) is 0. The zero-order valence-electron chi connectivity index (χ0n) is 11.6. The number of nitrogen functional groups attached to an aromatic ring is 1. The molecule has 5 rings (SSSR count). The minimum Gasteiger partial charge on any atom is -0.497 e. The molecule has 19 heavy (non-hydrogen) atoms. The van der Waals surface area contributed by atoms with Gasteiger partial charge in [0.15, 0.2) is 0 Å². The van der Waals surface area contributed by atoms with Gasteiger partial charge in [-0.1, -0.05) is 6.07 Å². The van der Waals surface area contributed by atoms with Crippen LogP contribution in [0, 0.1) is 23.7 Å². The maximum absolute atomic E-state index is 6.30. The fourth-order valence-electron chi connectivity index (χ4n) is 5.42. The highest BCUT2D eigenvalue weighted by atomic mass is 16.5. The molecule has 4 aliphatic rings. The lowest BCUT2D eigenvalue weighted by molar-refractivity contribution is -0.00255. The Morgan fingerprint density at radius 2 is 1.63 bits per heavy atom. The normalized spacial score (nSPS) is 39.5. The smallest absolute Gasteiger partial charge is 0.120 e. The van der Waals surface area contributed by atoms with Crippen molar-refractivity contribution in [3.63, 3.8) is 0 Å². The van der Waals surface area contributed by atoms with E-state index in [0.717, 1.165) is 41.0 Å². The summed E-state index contributed by atoms with van der Waals surface area (Å²) in [6, 6.07) is 6.30. The minimum atomic E-state index is 0.721. The molecule has 0 amide bonds. The molecule has 0 heterocycles. The molecule has 2 nitrogen and oxygen atoms in total. The van der Waals surface area contributed by atoms with Gasteiger partial charge in [0.1, 0.15) is 5.75 Å². The van der Waals surface area contributed by atoms with E-state index in [4.69, 9.17) is 10.5 Å². The van der Waals surface area contributed by atoms with E-state index < -0.39 is 0 Å². The molecule has 0 aromatic heterocycles. The molecule has 0 aliphatic heterocycles. The summed E-state index contributed by atoms with van der Waals surface area (Å²) in [4.78, 5) is 0. The van der Waals surface area contributed by atoms with Gasteiger partial charge in [0, 0.05) is 11.8 Å². The van der Waals surface area contributed by atoms with Gasteiger partial charge >= 0.3 is 0 Å². The number of hydrogen-bond donors (Lipinski definition) is 1. The van der Waals surface area contributed by atoms with Crippen LogP contribution in [0.1, 0.15) is 43.6 Å². The molecule has 0 atom stereocenters. The van der Waals surface area contributed by atoms with Crippen LogP contribution in [-0.2, 0) is 0 Å². The molecule has 1 aromatic rings. The molecule has 0 unspecified atom stereocenters. The van der Waals surface area contributed by atoms with E-state index in [0.29, 0.717) is 0 Å². The fraction of sp³-hybridized carbons (Fsp3) is 0.647. The third kappa shape index (κ3) is 1.76. The van der Waals surface area contributed by atoms with Crippen molar-refractivity contribution in [1.82, 2.24) is 0 Å². The first-order valence-corrected chi connectivity index (χ1v) is 7.68. The van der Waals surface area contributed by atoms with E-state index >= 15 is 0 Å². The van der Waals surface area contributed by atoms with E-state index in [1.54, 1.807) is 7.11 Å². The van der Waals surface area contributed by atoms with E-state index in [9.17, 15) is 0 Å². The van der Waals surface area contributed by atoms with Gasteiger partial charge in [-0.25, -0.2) is 0 Å². The summed E-state index contributed by atoms with van der Waals surface area (Å²) >= 11 is 0. The third-order valence-corrected chi connectivity index (χ3v) is 5.88. The van der Waals surface area contributed by atoms with Crippen molar-refractivity contribution in [3.8, 4) is 5.75 Å². The van der Waals surface area contributed by atoms with E-state index in [-0.39, 0.29) is 0 Å². The van der Waals surface area contributed by atoms with Gasteiger partial charge in [0.25, 0.3) is 0 Å². The Bertz CT molecular complexity index is 468. The van der Waals surface area contributed by atoms with E-state index in [2.05, 4.69) is 12.1 Å². The van der Waals surface area contributed by atoms with Crippen LogP contribution in [0.3, 0.4) is 0 Å². The molecule has 2 N–H and O–H groups in total. The summed E-state index contributed by atoms with van der Waals surface area (Å²) in [7, 11) is 1.71. The second-order valence-electron chi connectivity index (χ2n) is 6.95. The number of anilines is 1. The maximum Gasteiger partial charge on any atom is 0.120 e. The second-order valence-corrected chi connectivity index (χ2v) is 6.95. The fourth-order valence-corrected chi connectivity index (χ4v) is 5.42. The molecule has 4 aliphatic carbocycles. The quantitative estimate of drug-likeness (QED) is 0.817. The van der Waals surface area contributed by atoms with Crippen molar-refractivity contribution in [2.45, 2.75) is 38.0 Å². The topological polar surface area (TPSA) is 35.2 Å². The lowest BCUT2D eigenvalue weighted by Gasteiger charge is -2.54. The number of methoxy groups -OCH3 is 1. The van der Waals surface area contributed by atoms with Gasteiger partial charge in [-0.3, -0.25) is 0 Å². The van der Waals surface area contributed by atoms with Crippen molar-refractivity contribution < 1.29 is 4.74 Å². The predicted molar refractivity (Wildman–Crippen MR) is 77.2 cm³/mol. The molecule has 102 valence electrons. The average molecular weight is 257 g/mol. The molecule has 2 heteroatoms. The van der Waals surface area contributed by atoms with Crippen molar-refractivity contribution in [2.75, 3.05) is 12.8 Å². The SMILES string of the molecule is COc1ccc(C2C3CC4CC(C3)CC2C4)c(N)c1.